The van der Waals surface area contributed by atoms with E-state index in [0.717, 1.165) is 11.5 Å². The van der Waals surface area contributed by atoms with Gasteiger partial charge in [-0.25, -0.2) is 0 Å². The van der Waals surface area contributed by atoms with Gasteiger partial charge in [0.2, 0.25) is 0 Å². The van der Waals surface area contributed by atoms with Crippen LogP contribution in [0.5, 0.6) is 0 Å². The van der Waals surface area contributed by atoms with E-state index in [-0.39, 0.29) is 5.54 Å². The number of nitrogens with zero attached hydrogens (tertiary/aromatic N) is 1. The third-order valence-corrected chi connectivity index (χ3v) is 2.95. The molecule has 1 rings (SSSR count). The van der Waals surface area contributed by atoms with Gasteiger partial charge in [0.05, 0.1) is 0 Å². The molecule has 0 bridgehead atoms. The fourth-order valence-electron chi connectivity index (χ4n) is 0.844. The van der Waals surface area contributed by atoms with E-state index in [1.807, 2.05) is 25.6 Å². The van der Waals surface area contributed by atoms with Crippen molar-refractivity contribution in [1.29, 1.82) is 0 Å². The van der Waals surface area contributed by atoms with E-state index in [9.17, 15) is 5.21 Å². The highest BCUT2D eigenvalue weighted by Gasteiger charge is 2.22. The Hall–Kier alpha value is 0.270. The van der Waals surface area contributed by atoms with Crippen LogP contribution in [-0.2, 0) is 0 Å². The first-order valence-electron chi connectivity index (χ1n) is 3.15. The molecule has 0 atom stereocenters. The summed E-state index contributed by atoms with van der Waals surface area (Å²) in [5.74, 6) is 1.96. The van der Waals surface area contributed by atoms with Crippen LogP contribution < -0.4 is 0 Å². The van der Waals surface area contributed by atoms with E-state index in [4.69, 9.17) is 0 Å². The average molecular weight is 146 g/mol. The van der Waals surface area contributed by atoms with E-state index >= 15 is 0 Å². The summed E-state index contributed by atoms with van der Waals surface area (Å²) in [6.45, 7) is 4.68. The van der Waals surface area contributed by atoms with Gasteiger partial charge < -0.3 is 10.3 Å². The zero-order valence-corrected chi connectivity index (χ0v) is 6.70. The summed E-state index contributed by atoms with van der Waals surface area (Å²) in [6, 6.07) is 0. The molecule has 0 unspecified atom stereocenters. The fourth-order valence-corrected chi connectivity index (χ4v) is 1.93. The Labute approximate surface area is 60.2 Å². The van der Waals surface area contributed by atoms with Gasteiger partial charge >= 0.3 is 0 Å². The second-order valence-electron chi connectivity index (χ2n) is 2.97. The molecule has 1 aliphatic rings. The van der Waals surface area contributed by atoms with Crippen LogP contribution in [0.2, 0.25) is 0 Å². The van der Waals surface area contributed by atoms with Crippen molar-refractivity contribution in [3.63, 3.8) is 0 Å². The Morgan fingerprint density at radius 2 is 2.22 bits per heavy atom. The molecule has 0 aromatic heterocycles. The van der Waals surface area contributed by atoms with Gasteiger partial charge in [0.1, 0.15) is 0 Å². The van der Waals surface area contributed by atoms with E-state index in [1.165, 1.54) is 5.06 Å². The van der Waals surface area contributed by atoms with Crippen molar-refractivity contribution in [2.45, 2.75) is 19.4 Å². The van der Waals surface area contributed by atoms with E-state index in [2.05, 4.69) is 0 Å². The van der Waals surface area contributed by atoms with Gasteiger partial charge in [-0.2, -0.15) is 11.8 Å². The summed E-state index contributed by atoms with van der Waals surface area (Å²) >= 11 is 1.86. The molecule has 3 heteroatoms. The monoisotopic (exact) mass is 146 g/mol. The minimum Gasteiger partial charge on any atom is -0.785 e. The molecule has 1 saturated heterocycles. The lowest BCUT2D eigenvalue weighted by Crippen LogP contribution is -2.46. The Kier molecular flexibility index (Phi) is 2.03. The predicted molar refractivity (Wildman–Crippen MR) is 41.5 cm³/mol. The molecule has 0 radical (unpaired) electrons. The van der Waals surface area contributed by atoms with Crippen molar-refractivity contribution >= 4 is 11.8 Å². The highest BCUT2D eigenvalue weighted by molar-refractivity contribution is 7.99. The van der Waals surface area contributed by atoms with Crippen LogP contribution in [0.15, 0.2) is 0 Å². The summed E-state index contributed by atoms with van der Waals surface area (Å²) in [5, 5.41) is 12.2. The number of thioether (sulfide) groups is 1. The Morgan fingerprint density at radius 1 is 1.56 bits per heavy atom. The lowest BCUT2D eigenvalue weighted by atomic mass is 10.1. The summed E-state index contributed by atoms with van der Waals surface area (Å²) in [4.78, 5) is 0. The lowest BCUT2D eigenvalue weighted by molar-refractivity contribution is 0.216. The van der Waals surface area contributed by atoms with Gasteiger partial charge in [0, 0.05) is 17.0 Å². The number of hydrogen-bond acceptors (Lipinski definition) is 3. The van der Waals surface area contributed by atoms with Crippen molar-refractivity contribution in [3.05, 3.63) is 5.21 Å². The van der Waals surface area contributed by atoms with Crippen molar-refractivity contribution in [2.24, 2.45) is 0 Å². The standard InChI is InChI=1S/C6H12NOS/c1-6(2)5-9-4-3-7(6)8/h3-5H2,1-2H3/q-1. The number of hydroxylamine groups is 2. The van der Waals surface area contributed by atoms with Crippen molar-refractivity contribution < 1.29 is 0 Å². The van der Waals surface area contributed by atoms with Gasteiger partial charge in [0.25, 0.3) is 0 Å². The molecule has 0 N–H and O–H groups in total. The van der Waals surface area contributed by atoms with Crippen LogP contribution in [0.25, 0.3) is 0 Å². The molecular formula is C6H12NOS-. The van der Waals surface area contributed by atoms with E-state index < -0.39 is 0 Å². The smallest absolute Gasteiger partial charge is 0.0125 e. The second-order valence-corrected chi connectivity index (χ2v) is 4.07. The van der Waals surface area contributed by atoms with Crippen molar-refractivity contribution in [1.82, 2.24) is 5.06 Å². The molecular weight excluding hydrogens is 134 g/mol. The fraction of sp³-hybridized carbons (Fsp3) is 1.00. The maximum Gasteiger partial charge on any atom is 0.0125 e. The van der Waals surface area contributed by atoms with Gasteiger partial charge in [-0.05, 0) is 20.4 Å². The van der Waals surface area contributed by atoms with Gasteiger partial charge in [-0.1, -0.05) is 0 Å². The van der Waals surface area contributed by atoms with Crippen LogP contribution in [0.1, 0.15) is 13.8 Å². The maximum absolute atomic E-state index is 11.0. The SMILES string of the molecule is CC1(C)CSCCN1[O-]. The second kappa shape index (κ2) is 2.48. The first-order valence-corrected chi connectivity index (χ1v) is 4.31. The summed E-state index contributed by atoms with van der Waals surface area (Å²) in [6.07, 6.45) is 0. The number of hydrogen-bond donors (Lipinski definition) is 0. The Bertz CT molecular complexity index is 105. The summed E-state index contributed by atoms with van der Waals surface area (Å²) in [5.41, 5.74) is -0.122. The first kappa shape index (κ1) is 7.38. The molecule has 2 nitrogen and oxygen atoms in total. The molecule has 0 aromatic carbocycles. The molecule has 1 heterocycles. The highest BCUT2D eigenvalue weighted by atomic mass is 32.2. The zero-order valence-electron chi connectivity index (χ0n) is 5.89. The molecule has 54 valence electrons. The van der Waals surface area contributed by atoms with Gasteiger partial charge in [-0.15, -0.1) is 0 Å². The van der Waals surface area contributed by atoms with E-state index in [0.29, 0.717) is 6.54 Å². The largest absolute Gasteiger partial charge is 0.785 e. The Balaban J connectivity index is 2.49. The summed E-state index contributed by atoms with van der Waals surface area (Å²) < 4.78 is 0. The zero-order chi connectivity index (χ0) is 6.91. The molecule has 9 heavy (non-hydrogen) atoms. The predicted octanol–water partition coefficient (Wildman–Crippen LogP) is 1.31. The maximum atomic E-state index is 11.0. The minimum atomic E-state index is -0.122. The van der Waals surface area contributed by atoms with Crippen molar-refractivity contribution in [3.8, 4) is 0 Å². The minimum absolute atomic E-state index is 0.122. The summed E-state index contributed by atoms with van der Waals surface area (Å²) in [7, 11) is 0. The van der Waals surface area contributed by atoms with Crippen LogP contribution in [-0.4, -0.2) is 28.7 Å². The molecule has 0 amide bonds. The van der Waals surface area contributed by atoms with Crippen LogP contribution in [0.4, 0.5) is 0 Å². The molecule has 1 fully saturated rings. The van der Waals surface area contributed by atoms with E-state index in [1.54, 1.807) is 0 Å². The normalized spacial score (nSPS) is 28.3. The first-order chi connectivity index (χ1) is 4.13. The van der Waals surface area contributed by atoms with Gasteiger partial charge in [0.15, 0.2) is 0 Å². The molecule has 0 aromatic rings. The molecule has 1 aliphatic heterocycles. The third-order valence-electron chi connectivity index (χ3n) is 1.57. The molecule has 0 aliphatic carbocycles. The number of rotatable bonds is 0. The molecule has 0 saturated carbocycles. The lowest BCUT2D eigenvalue weighted by Gasteiger charge is -2.47. The average Bonchev–Trinajstić information content (AvgIpc) is 1.77. The van der Waals surface area contributed by atoms with Gasteiger partial charge in [-0.3, -0.25) is 0 Å². The molecule has 0 spiro atoms. The van der Waals surface area contributed by atoms with Crippen molar-refractivity contribution in [2.75, 3.05) is 18.1 Å². The Morgan fingerprint density at radius 3 is 2.56 bits per heavy atom. The third kappa shape index (κ3) is 1.60. The topological polar surface area (TPSA) is 26.3 Å². The highest BCUT2D eigenvalue weighted by Crippen LogP contribution is 2.24. The quantitative estimate of drug-likeness (QED) is 0.515. The van der Waals surface area contributed by atoms with Crippen LogP contribution in [0.3, 0.4) is 0 Å². The van der Waals surface area contributed by atoms with Crippen LogP contribution >= 0.6 is 11.8 Å². The van der Waals surface area contributed by atoms with Crippen LogP contribution in [0, 0.1) is 5.21 Å².